The van der Waals surface area contributed by atoms with Crippen molar-refractivity contribution < 1.29 is 8.42 Å². The molecule has 1 N–H and O–H groups in total. The van der Waals surface area contributed by atoms with Crippen molar-refractivity contribution >= 4 is 27.3 Å². The summed E-state index contributed by atoms with van der Waals surface area (Å²) >= 11 is 5.94. The fourth-order valence-corrected chi connectivity index (χ4v) is 4.56. The number of anilines is 1. The van der Waals surface area contributed by atoms with Gasteiger partial charge in [-0.3, -0.25) is 4.90 Å². The summed E-state index contributed by atoms with van der Waals surface area (Å²) in [5.74, 6) is 0.0268. The van der Waals surface area contributed by atoms with Gasteiger partial charge in [0.2, 0.25) is 10.0 Å². The molecule has 27 heavy (non-hydrogen) atoms. The molecule has 2 aromatic carbocycles. The second-order valence-corrected chi connectivity index (χ2v) is 9.19. The van der Waals surface area contributed by atoms with Crippen LogP contribution in [0.15, 0.2) is 48.5 Å². The normalized spacial score (nSPS) is 15.9. The van der Waals surface area contributed by atoms with E-state index in [1.165, 1.54) is 5.69 Å². The minimum atomic E-state index is -3.31. The van der Waals surface area contributed by atoms with Gasteiger partial charge in [-0.25, -0.2) is 13.1 Å². The standard InChI is InChI=1S/C20H26ClN3O2S/c1-17-3-2-4-18(15-17)16-27(25,26)22-9-10-23-11-13-24(14-12-23)20-7-5-19(21)6-8-20/h2-8,15,22H,9-14,16H2,1H3. The van der Waals surface area contributed by atoms with Gasteiger partial charge in [-0.15, -0.1) is 0 Å². The molecule has 1 aliphatic heterocycles. The number of rotatable bonds is 7. The molecule has 0 aromatic heterocycles. The van der Waals surface area contributed by atoms with Gasteiger partial charge in [0.1, 0.15) is 0 Å². The van der Waals surface area contributed by atoms with Crippen molar-refractivity contribution in [3.05, 3.63) is 64.7 Å². The van der Waals surface area contributed by atoms with Crippen molar-refractivity contribution in [3.63, 3.8) is 0 Å². The molecule has 0 spiro atoms. The molecule has 3 rings (SSSR count). The Bertz CT molecular complexity index is 848. The van der Waals surface area contributed by atoms with Gasteiger partial charge in [0, 0.05) is 50.0 Å². The molecule has 7 heteroatoms. The molecule has 146 valence electrons. The first-order valence-corrected chi connectivity index (χ1v) is 11.2. The van der Waals surface area contributed by atoms with Crippen LogP contribution in [0.2, 0.25) is 5.02 Å². The number of nitrogens with one attached hydrogen (secondary N) is 1. The molecule has 0 bridgehead atoms. The molecule has 1 aliphatic rings. The van der Waals surface area contributed by atoms with E-state index in [-0.39, 0.29) is 5.75 Å². The second kappa shape index (κ2) is 9.06. The number of nitrogens with zero attached hydrogens (tertiary/aromatic N) is 2. The van der Waals surface area contributed by atoms with Crippen LogP contribution in [0.4, 0.5) is 5.69 Å². The first-order valence-electron chi connectivity index (χ1n) is 9.17. The molecule has 0 atom stereocenters. The van der Waals surface area contributed by atoms with Crippen LogP contribution < -0.4 is 9.62 Å². The molecule has 0 amide bonds. The van der Waals surface area contributed by atoms with Gasteiger partial charge in [0.05, 0.1) is 5.75 Å². The lowest BCUT2D eigenvalue weighted by Crippen LogP contribution is -2.48. The van der Waals surface area contributed by atoms with Crippen LogP contribution in [0.3, 0.4) is 0 Å². The monoisotopic (exact) mass is 407 g/mol. The van der Waals surface area contributed by atoms with E-state index in [9.17, 15) is 8.42 Å². The van der Waals surface area contributed by atoms with E-state index >= 15 is 0 Å². The summed E-state index contributed by atoms with van der Waals surface area (Å²) in [5.41, 5.74) is 3.07. The Labute approximate surface area is 167 Å². The number of hydrogen-bond donors (Lipinski definition) is 1. The summed E-state index contributed by atoms with van der Waals surface area (Å²) in [6, 6.07) is 15.5. The predicted octanol–water partition coefficient (Wildman–Crippen LogP) is 2.89. The van der Waals surface area contributed by atoms with E-state index in [2.05, 4.69) is 14.5 Å². The van der Waals surface area contributed by atoms with E-state index in [0.29, 0.717) is 6.54 Å². The van der Waals surface area contributed by atoms with Crippen molar-refractivity contribution in [2.45, 2.75) is 12.7 Å². The van der Waals surface area contributed by atoms with E-state index in [1.807, 2.05) is 55.5 Å². The Morgan fingerprint density at radius 3 is 2.41 bits per heavy atom. The summed E-state index contributed by atoms with van der Waals surface area (Å²) in [6.07, 6.45) is 0. The van der Waals surface area contributed by atoms with Gasteiger partial charge in [0.15, 0.2) is 0 Å². The summed E-state index contributed by atoms with van der Waals surface area (Å²) in [4.78, 5) is 4.62. The van der Waals surface area contributed by atoms with E-state index in [1.54, 1.807) is 0 Å². The van der Waals surface area contributed by atoms with Crippen molar-refractivity contribution in [1.82, 2.24) is 9.62 Å². The summed E-state index contributed by atoms with van der Waals surface area (Å²) in [5, 5.41) is 0.746. The minimum absolute atomic E-state index is 0.0268. The number of benzene rings is 2. The molecular weight excluding hydrogens is 382 g/mol. The molecule has 2 aromatic rings. The van der Waals surface area contributed by atoms with Crippen LogP contribution in [-0.2, 0) is 15.8 Å². The highest BCUT2D eigenvalue weighted by atomic mass is 35.5. The number of sulfonamides is 1. The smallest absolute Gasteiger partial charge is 0.215 e. The van der Waals surface area contributed by atoms with Crippen molar-refractivity contribution in [2.24, 2.45) is 0 Å². The molecule has 5 nitrogen and oxygen atoms in total. The Hall–Kier alpha value is -1.60. The predicted molar refractivity (Wildman–Crippen MR) is 112 cm³/mol. The van der Waals surface area contributed by atoms with Crippen molar-refractivity contribution in [3.8, 4) is 0 Å². The van der Waals surface area contributed by atoms with Gasteiger partial charge in [-0.2, -0.15) is 0 Å². The van der Waals surface area contributed by atoms with Crippen molar-refractivity contribution in [2.75, 3.05) is 44.2 Å². The summed E-state index contributed by atoms with van der Waals surface area (Å²) in [7, 11) is -3.31. The van der Waals surface area contributed by atoms with E-state index < -0.39 is 10.0 Å². The maximum Gasteiger partial charge on any atom is 0.215 e. The van der Waals surface area contributed by atoms with Crippen LogP contribution in [0.5, 0.6) is 0 Å². The summed E-state index contributed by atoms with van der Waals surface area (Å²) < 4.78 is 27.3. The SMILES string of the molecule is Cc1cccc(CS(=O)(=O)NCCN2CCN(c3ccc(Cl)cc3)CC2)c1. The lowest BCUT2D eigenvalue weighted by Gasteiger charge is -2.36. The van der Waals surface area contributed by atoms with Gasteiger partial charge in [-0.05, 0) is 36.8 Å². The Morgan fingerprint density at radius 2 is 1.74 bits per heavy atom. The minimum Gasteiger partial charge on any atom is -0.369 e. The third-order valence-electron chi connectivity index (χ3n) is 4.75. The average Bonchev–Trinajstić information content (AvgIpc) is 2.62. The van der Waals surface area contributed by atoms with E-state index in [4.69, 9.17) is 11.6 Å². The highest BCUT2D eigenvalue weighted by Crippen LogP contribution is 2.19. The zero-order valence-electron chi connectivity index (χ0n) is 15.6. The molecule has 0 radical (unpaired) electrons. The lowest BCUT2D eigenvalue weighted by atomic mass is 10.2. The van der Waals surface area contributed by atoms with Crippen LogP contribution in [0.1, 0.15) is 11.1 Å². The zero-order chi connectivity index (χ0) is 19.3. The quantitative estimate of drug-likeness (QED) is 0.766. The second-order valence-electron chi connectivity index (χ2n) is 6.95. The molecule has 1 saturated heterocycles. The van der Waals surface area contributed by atoms with Gasteiger partial charge >= 0.3 is 0 Å². The first-order chi connectivity index (χ1) is 12.9. The van der Waals surface area contributed by atoms with E-state index in [0.717, 1.165) is 48.9 Å². The van der Waals surface area contributed by atoms with Gasteiger partial charge in [0.25, 0.3) is 0 Å². The number of halogens is 1. The third-order valence-corrected chi connectivity index (χ3v) is 6.36. The number of hydrogen-bond acceptors (Lipinski definition) is 4. The molecule has 0 saturated carbocycles. The van der Waals surface area contributed by atoms with Crippen LogP contribution in [0, 0.1) is 6.92 Å². The Morgan fingerprint density at radius 1 is 1.04 bits per heavy atom. The number of aryl methyl sites for hydroxylation is 1. The average molecular weight is 408 g/mol. The van der Waals surface area contributed by atoms with Crippen LogP contribution in [0.25, 0.3) is 0 Å². The zero-order valence-corrected chi connectivity index (χ0v) is 17.1. The molecule has 1 fully saturated rings. The molecule has 0 aliphatic carbocycles. The molecular formula is C20H26ClN3O2S. The fourth-order valence-electron chi connectivity index (χ4n) is 3.31. The Balaban J connectivity index is 1.41. The van der Waals surface area contributed by atoms with Crippen LogP contribution in [-0.4, -0.2) is 52.6 Å². The maximum absolute atomic E-state index is 12.3. The highest BCUT2D eigenvalue weighted by molar-refractivity contribution is 7.88. The van der Waals surface area contributed by atoms with Gasteiger partial charge < -0.3 is 4.90 Å². The topological polar surface area (TPSA) is 52.7 Å². The van der Waals surface area contributed by atoms with Crippen molar-refractivity contribution in [1.29, 1.82) is 0 Å². The number of piperazine rings is 1. The van der Waals surface area contributed by atoms with Crippen LogP contribution >= 0.6 is 11.6 Å². The Kier molecular flexibility index (Phi) is 6.76. The molecule has 1 heterocycles. The largest absolute Gasteiger partial charge is 0.369 e. The molecule has 0 unspecified atom stereocenters. The van der Waals surface area contributed by atoms with Gasteiger partial charge in [-0.1, -0.05) is 41.4 Å². The first kappa shape index (κ1) is 20.1. The fraction of sp³-hybridized carbons (Fsp3) is 0.400. The maximum atomic E-state index is 12.3. The lowest BCUT2D eigenvalue weighted by molar-refractivity contribution is 0.262. The highest BCUT2D eigenvalue weighted by Gasteiger charge is 2.18. The third kappa shape index (κ3) is 6.21. The summed E-state index contributed by atoms with van der Waals surface area (Å²) in [6.45, 7) is 6.82.